The van der Waals surface area contributed by atoms with Gasteiger partial charge >= 0.3 is 0 Å². The third-order valence-corrected chi connectivity index (χ3v) is 5.95. The molecule has 1 aliphatic rings. The molecule has 1 heterocycles. The third-order valence-electron chi connectivity index (χ3n) is 3.44. The van der Waals surface area contributed by atoms with Crippen LogP contribution in [0.25, 0.3) is 0 Å². The van der Waals surface area contributed by atoms with Crippen LogP contribution in [-0.2, 0) is 10.0 Å². The number of sulfonamides is 1. The van der Waals surface area contributed by atoms with Gasteiger partial charge in [-0.05, 0) is 39.7 Å². The van der Waals surface area contributed by atoms with E-state index in [-0.39, 0.29) is 0 Å². The predicted octanol–water partition coefficient (Wildman–Crippen LogP) is 2.59. The molecule has 0 saturated carbocycles. The first-order valence-corrected chi connectivity index (χ1v) is 8.05. The molecule has 110 valence electrons. The molecule has 6 heteroatoms. The fraction of sp³-hybridized carbons (Fsp3) is 0.500. The maximum Gasteiger partial charge on any atom is 0.240 e. The highest BCUT2D eigenvalue weighted by Gasteiger charge is 2.37. The Bertz CT molecular complexity index is 630. The van der Waals surface area contributed by atoms with Crippen LogP contribution < -0.4 is 4.31 Å². The van der Waals surface area contributed by atoms with E-state index < -0.39 is 14.8 Å². The summed E-state index contributed by atoms with van der Waals surface area (Å²) < 4.78 is 26.1. The lowest BCUT2D eigenvalue weighted by molar-refractivity contribution is 0.318. The van der Waals surface area contributed by atoms with Gasteiger partial charge in [-0.3, -0.25) is 4.31 Å². The second-order valence-electron chi connectivity index (χ2n) is 5.86. The molecule has 20 heavy (non-hydrogen) atoms. The predicted molar refractivity (Wildman–Crippen MR) is 80.0 cm³/mol. The van der Waals surface area contributed by atoms with E-state index in [1.54, 1.807) is 39.0 Å². The van der Waals surface area contributed by atoms with Gasteiger partial charge in [0.05, 0.1) is 16.1 Å². The summed E-state index contributed by atoms with van der Waals surface area (Å²) in [5, 5.41) is 12.5. The molecule has 0 saturated heterocycles. The fourth-order valence-corrected chi connectivity index (χ4v) is 3.71. The molecule has 0 aliphatic carbocycles. The minimum absolute atomic E-state index is 0.398. The lowest BCUT2D eigenvalue weighted by Crippen LogP contribution is -2.43. The Morgan fingerprint density at radius 2 is 1.90 bits per heavy atom. The number of para-hydroxylation sites is 1. The van der Waals surface area contributed by atoms with E-state index in [4.69, 9.17) is 5.21 Å². The molecule has 1 N–H and O–H groups in total. The van der Waals surface area contributed by atoms with Crippen LogP contribution in [0.3, 0.4) is 0 Å². The van der Waals surface area contributed by atoms with Crippen molar-refractivity contribution in [3.8, 4) is 0 Å². The minimum atomic E-state index is -3.47. The van der Waals surface area contributed by atoms with Crippen LogP contribution in [0.2, 0.25) is 0 Å². The molecule has 0 fully saturated rings. The first-order chi connectivity index (χ1) is 9.29. The van der Waals surface area contributed by atoms with Gasteiger partial charge in [0, 0.05) is 12.1 Å². The number of oxime groups is 1. The van der Waals surface area contributed by atoms with Gasteiger partial charge in [-0.15, -0.1) is 0 Å². The maximum absolute atomic E-state index is 12.7. The first kappa shape index (κ1) is 14.8. The van der Waals surface area contributed by atoms with Gasteiger partial charge in [0.1, 0.15) is 0 Å². The lowest BCUT2D eigenvalue weighted by atomic mass is 10.1. The molecule has 2 rings (SSSR count). The number of hydrogen-bond acceptors (Lipinski definition) is 4. The topological polar surface area (TPSA) is 70.0 Å². The van der Waals surface area contributed by atoms with Gasteiger partial charge in [0.15, 0.2) is 0 Å². The van der Waals surface area contributed by atoms with Crippen LogP contribution in [0, 0.1) is 0 Å². The van der Waals surface area contributed by atoms with Gasteiger partial charge < -0.3 is 5.21 Å². The molecule has 0 radical (unpaired) electrons. The summed E-state index contributed by atoms with van der Waals surface area (Å²) in [6.07, 6.45) is 1.19. The average Bonchev–Trinajstić information content (AvgIpc) is 2.56. The minimum Gasteiger partial charge on any atom is -0.411 e. The standard InChI is InChI=1S/C14H20N2O3S/c1-14(2,3)20(18,19)16-10-6-8-12(15-17)11-7-4-5-9-13(11)16/h4-5,7,9,17H,6,8,10H2,1-3H3/b15-12-. The average molecular weight is 296 g/mol. The number of rotatable bonds is 1. The Morgan fingerprint density at radius 3 is 2.50 bits per heavy atom. The summed E-state index contributed by atoms with van der Waals surface area (Å²) in [6, 6.07) is 7.16. The highest BCUT2D eigenvalue weighted by atomic mass is 32.2. The van der Waals surface area contributed by atoms with E-state index >= 15 is 0 Å². The Hall–Kier alpha value is -1.56. The molecular weight excluding hydrogens is 276 g/mol. The van der Waals surface area contributed by atoms with Crippen molar-refractivity contribution in [3.63, 3.8) is 0 Å². The van der Waals surface area contributed by atoms with Crippen LogP contribution in [-0.4, -0.2) is 30.6 Å². The Morgan fingerprint density at radius 1 is 1.25 bits per heavy atom. The van der Waals surface area contributed by atoms with Crippen LogP contribution in [0.4, 0.5) is 5.69 Å². The Kier molecular flexibility index (Phi) is 3.77. The summed E-state index contributed by atoms with van der Waals surface area (Å²) >= 11 is 0. The summed E-state index contributed by atoms with van der Waals surface area (Å²) in [5.74, 6) is 0. The number of fused-ring (bicyclic) bond motifs is 1. The number of hydrogen-bond donors (Lipinski definition) is 1. The van der Waals surface area contributed by atoms with Gasteiger partial charge in [0.25, 0.3) is 0 Å². The maximum atomic E-state index is 12.7. The second kappa shape index (κ2) is 5.09. The monoisotopic (exact) mass is 296 g/mol. The van der Waals surface area contributed by atoms with Crippen molar-refractivity contribution < 1.29 is 13.6 Å². The van der Waals surface area contributed by atoms with Crippen molar-refractivity contribution in [1.29, 1.82) is 0 Å². The van der Waals surface area contributed by atoms with E-state index in [0.717, 1.165) is 0 Å². The highest BCUT2D eigenvalue weighted by molar-refractivity contribution is 7.94. The van der Waals surface area contributed by atoms with Crippen molar-refractivity contribution in [1.82, 2.24) is 0 Å². The highest BCUT2D eigenvalue weighted by Crippen LogP contribution is 2.32. The zero-order valence-electron chi connectivity index (χ0n) is 12.0. The molecule has 0 unspecified atom stereocenters. The van der Waals surface area contributed by atoms with E-state index in [0.29, 0.717) is 36.3 Å². The van der Waals surface area contributed by atoms with Gasteiger partial charge in [-0.2, -0.15) is 0 Å². The second-order valence-corrected chi connectivity index (χ2v) is 8.47. The molecule has 5 nitrogen and oxygen atoms in total. The zero-order chi connectivity index (χ0) is 15.0. The summed E-state index contributed by atoms with van der Waals surface area (Å²) in [6.45, 7) is 5.47. The lowest BCUT2D eigenvalue weighted by Gasteiger charge is -2.31. The number of benzene rings is 1. The Balaban J connectivity index is 2.63. The van der Waals surface area contributed by atoms with Gasteiger partial charge in [-0.25, -0.2) is 8.42 Å². The van der Waals surface area contributed by atoms with Crippen LogP contribution in [0.5, 0.6) is 0 Å². The summed E-state index contributed by atoms with van der Waals surface area (Å²) in [5.41, 5.74) is 1.81. The van der Waals surface area contributed by atoms with Crippen molar-refractivity contribution in [2.45, 2.75) is 38.4 Å². The number of nitrogens with zero attached hydrogens (tertiary/aromatic N) is 2. The number of anilines is 1. The van der Waals surface area contributed by atoms with Gasteiger partial charge in [-0.1, -0.05) is 23.4 Å². The molecule has 0 aromatic heterocycles. The first-order valence-electron chi connectivity index (χ1n) is 6.61. The molecule has 0 amide bonds. The zero-order valence-corrected chi connectivity index (χ0v) is 12.8. The van der Waals surface area contributed by atoms with E-state index in [1.165, 1.54) is 4.31 Å². The van der Waals surface area contributed by atoms with Crippen LogP contribution in [0.15, 0.2) is 29.4 Å². The van der Waals surface area contributed by atoms with Crippen molar-refractivity contribution in [2.24, 2.45) is 5.16 Å². The molecular formula is C14H20N2O3S. The SMILES string of the molecule is CC(C)(C)S(=O)(=O)N1CCC/C(=N/O)c2ccccc21. The van der Waals surface area contributed by atoms with E-state index in [9.17, 15) is 8.42 Å². The fourth-order valence-electron chi connectivity index (χ4n) is 2.26. The van der Waals surface area contributed by atoms with E-state index in [2.05, 4.69) is 5.16 Å². The third kappa shape index (κ3) is 2.40. The molecule has 1 aromatic carbocycles. The van der Waals surface area contributed by atoms with Crippen molar-refractivity contribution in [3.05, 3.63) is 29.8 Å². The molecule has 0 atom stereocenters. The van der Waals surface area contributed by atoms with Crippen molar-refractivity contribution >= 4 is 21.4 Å². The van der Waals surface area contributed by atoms with Crippen molar-refractivity contribution in [2.75, 3.05) is 10.8 Å². The van der Waals surface area contributed by atoms with Crippen LogP contribution in [0.1, 0.15) is 39.2 Å². The quantitative estimate of drug-likeness (QED) is 0.639. The summed E-state index contributed by atoms with van der Waals surface area (Å²) in [4.78, 5) is 0. The normalized spacial score (nSPS) is 18.8. The summed E-state index contributed by atoms with van der Waals surface area (Å²) in [7, 11) is -3.47. The van der Waals surface area contributed by atoms with Gasteiger partial charge in [0.2, 0.25) is 10.0 Å². The largest absolute Gasteiger partial charge is 0.411 e. The molecule has 0 bridgehead atoms. The van der Waals surface area contributed by atoms with Crippen LogP contribution >= 0.6 is 0 Å². The Labute approximate surface area is 120 Å². The molecule has 1 aromatic rings. The smallest absolute Gasteiger partial charge is 0.240 e. The van der Waals surface area contributed by atoms with E-state index in [1.807, 2.05) is 6.07 Å². The molecule has 0 spiro atoms. The molecule has 1 aliphatic heterocycles.